The molecule has 3 nitrogen and oxygen atoms in total. The average molecular weight is 194 g/mol. The molecule has 1 aliphatic rings. The highest BCUT2D eigenvalue weighted by atomic mass is 16.3. The third-order valence-corrected chi connectivity index (χ3v) is 3.08. The van der Waals surface area contributed by atoms with E-state index >= 15 is 0 Å². The van der Waals surface area contributed by atoms with Crippen LogP contribution >= 0.6 is 0 Å². The third kappa shape index (κ3) is 1.98. The fraction of sp³-hybridized carbons (Fsp3) is 0.727. The molecule has 0 radical (unpaired) electrons. The summed E-state index contributed by atoms with van der Waals surface area (Å²) in [7, 11) is 0. The summed E-state index contributed by atoms with van der Waals surface area (Å²) in [6.07, 6.45) is 8.91. The van der Waals surface area contributed by atoms with Gasteiger partial charge in [-0.2, -0.15) is 5.10 Å². The first-order valence-corrected chi connectivity index (χ1v) is 5.45. The van der Waals surface area contributed by atoms with Gasteiger partial charge >= 0.3 is 0 Å². The number of aryl methyl sites for hydroxylation is 1. The van der Waals surface area contributed by atoms with Gasteiger partial charge in [0.15, 0.2) is 0 Å². The lowest BCUT2D eigenvalue weighted by atomic mass is 9.95. The largest absolute Gasteiger partial charge is 0.390 e. The van der Waals surface area contributed by atoms with E-state index in [1.54, 1.807) is 0 Å². The Bertz CT molecular complexity index is 300. The van der Waals surface area contributed by atoms with Crippen LogP contribution in [0.3, 0.4) is 0 Å². The SMILES string of the molecule is CCn1cc(CC2(O)CCCC2)cn1. The maximum atomic E-state index is 10.2. The van der Waals surface area contributed by atoms with Gasteiger partial charge in [-0.15, -0.1) is 0 Å². The van der Waals surface area contributed by atoms with Crippen molar-refractivity contribution in [2.24, 2.45) is 0 Å². The summed E-state index contributed by atoms with van der Waals surface area (Å²) in [6, 6.07) is 0. The molecule has 1 aromatic heterocycles. The highest BCUT2D eigenvalue weighted by molar-refractivity contribution is 5.09. The molecule has 0 saturated heterocycles. The Morgan fingerprint density at radius 1 is 1.50 bits per heavy atom. The van der Waals surface area contributed by atoms with E-state index in [1.165, 1.54) is 12.8 Å². The summed E-state index contributed by atoms with van der Waals surface area (Å²) in [5.74, 6) is 0. The molecule has 0 atom stereocenters. The van der Waals surface area contributed by atoms with Gasteiger partial charge < -0.3 is 5.11 Å². The molecule has 1 fully saturated rings. The Balaban J connectivity index is 2.02. The van der Waals surface area contributed by atoms with Crippen LogP contribution in [0.2, 0.25) is 0 Å². The summed E-state index contributed by atoms with van der Waals surface area (Å²) in [5, 5.41) is 14.4. The fourth-order valence-corrected chi connectivity index (χ4v) is 2.26. The third-order valence-electron chi connectivity index (χ3n) is 3.08. The highest BCUT2D eigenvalue weighted by Crippen LogP contribution is 2.32. The van der Waals surface area contributed by atoms with Gasteiger partial charge in [0.2, 0.25) is 0 Å². The minimum absolute atomic E-state index is 0.443. The molecular formula is C11H18N2O. The van der Waals surface area contributed by atoms with Crippen molar-refractivity contribution in [3.8, 4) is 0 Å². The number of nitrogens with zero attached hydrogens (tertiary/aromatic N) is 2. The first kappa shape index (κ1) is 9.71. The smallest absolute Gasteiger partial charge is 0.0689 e. The maximum absolute atomic E-state index is 10.2. The van der Waals surface area contributed by atoms with Crippen LogP contribution < -0.4 is 0 Å². The Morgan fingerprint density at radius 2 is 2.21 bits per heavy atom. The Kier molecular flexibility index (Phi) is 2.59. The van der Waals surface area contributed by atoms with Crippen molar-refractivity contribution in [1.82, 2.24) is 9.78 Å². The maximum Gasteiger partial charge on any atom is 0.0689 e. The van der Waals surface area contributed by atoms with Gasteiger partial charge in [0, 0.05) is 19.2 Å². The van der Waals surface area contributed by atoms with Crippen LogP contribution in [0.15, 0.2) is 12.4 Å². The van der Waals surface area contributed by atoms with Crippen LogP contribution in [0.25, 0.3) is 0 Å². The molecule has 0 unspecified atom stereocenters. The standard InChI is InChI=1S/C11H18N2O/c1-2-13-9-10(8-12-13)7-11(14)5-3-4-6-11/h8-9,14H,2-7H2,1H3. The summed E-state index contributed by atoms with van der Waals surface area (Å²) >= 11 is 0. The molecule has 14 heavy (non-hydrogen) atoms. The van der Waals surface area contributed by atoms with E-state index in [0.29, 0.717) is 0 Å². The molecule has 1 aliphatic carbocycles. The number of aliphatic hydroxyl groups is 1. The van der Waals surface area contributed by atoms with Crippen molar-refractivity contribution in [2.45, 2.75) is 51.2 Å². The van der Waals surface area contributed by atoms with Crippen molar-refractivity contribution in [1.29, 1.82) is 0 Å². The Morgan fingerprint density at radius 3 is 2.79 bits per heavy atom. The Labute approximate surface area is 84.7 Å². The van der Waals surface area contributed by atoms with Crippen molar-refractivity contribution < 1.29 is 5.11 Å². The molecule has 0 aliphatic heterocycles. The van der Waals surface area contributed by atoms with Crippen molar-refractivity contribution >= 4 is 0 Å². The quantitative estimate of drug-likeness (QED) is 0.796. The van der Waals surface area contributed by atoms with Crippen LogP contribution in [0.5, 0.6) is 0 Å². The molecule has 0 aromatic carbocycles. The van der Waals surface area contributed by atoms with Crippen LogP contribution in [-0.2, 0) is 13.0 Å². The summed E-state index contributed by atoms with van der Waals surface area (Å²) in [4.78, 5) is 0. The van der Waals surface area contributed by atoms with Gasteiger partial charge in [0.1, 0.15) is 0 Å². The molecule has 78 valence electrons. The van der Waals surface area contributed by atoms with Crippen molar-refractivity contribution in [3.05, 3.63) is 18.0 Å². The second-order valence-electron chi connectivity index (χ2n) is 4.31. The number of aromatic nitrogens is 2. The van der Waals surface area contributed by atoms with Gasteiger partial charge in [-0.1, -0.05) is 12.8 Å². The molecule has 1 aromatic rings. The normalized spacial score (nSPS) is 20.1. The molecule has 2 rings (SSSR count). The fourth-order valence-electron chi connectivity index (χ4n) is 2.26. The van der Waals surface area contributed by atoms with Gasteiger partial charge in [0.25, 0.3) is 0 Å². The zero-order valence-corrected chi connectivity index (χ0v) is 8.74. The monoisotopic (exact) mass is 194 g/mol. The molecule has 0 bridgehead atoms. The predicted molar refractivity (Wildman–Crippen MR) is 55.0 cm³/mol. The van der Waals surface area contributed by atoms with Gasteiger partial charge in [-0.05, 0) is 25.3 Å². The van der Waals surface area contributed by atoms with Gasteiger partial charge in [-0.3, -0.25) is 4.68 Å². The van der Waals surface area contributed by atoms with E-state index in [-0.39, 0.29) is 0 Å². The lowest BCUT2D eigenvalue weighted by Crippen LogP contribution is -2.26. The van der Waals surface area contributed by atoms with Crippen LogP contribution in [-0.4, -0.2) is 20.5 Å². The van der Waals surface area contributed by atoms with E-state index in [2.05, 4.69) is 12.0 Å². The molecule has 0 amide bonds. The minimum atomic E-state index is -0.443. The summed E-state index contributed by atoms with van der Waals surface area (Å²) in [5.41, 5.74) is 0.720. The van der Waals surface area contributed by atoms with Crippen LogP contribution in [0.4, 0.5) is 0 Å². The number of rotatable bonds is 3. The van der Waals surface area contributed by atoms with Gasteiger partial charge in [-0.25, -0.2) is 0 Å². The Hall–Kier alpha value is -0.830. The van der Waals surface area contributed by atoms with Crippen LogP contribution in [0.1, 0.15) is 38.2 Å². The molecule has 3 heteroatoms. The molecule has 1 heterocycles. The first-order valence-electron chi connectivity index (χ1n) is 5.45. The van der Waals surface area contributed by atoms with E-state index in [0.717, 1.165) is 31.4 Å². The lowest BCUT2D eigenvalue weighted by Gasteiger charge is -2.20. The minimum Gasteiger partial charge on any atom is -0.390 e. The lowest BCUT2D eigenvalue weighted by molar-refractivity contribution is 0.0481. The van der Waals surface area contributed by atoms with Crippen molar-refractivity contribution in [2.75, 3.05) is 0 Å². The van der Waals surface area contributed by atoms with E-state index < -0.39 is 5.60 Å². The second-order valence-corrected chi connectivity index (χ2v) is 4.31. The van der Waals surface area contributed by atoms with E-state index in [1.807, 2.05) is 17.1 Å². The number of hydrogen-bond acceptors (Lipinski definition) is 2. The number of hydrogen-bond donors (Lipinski definition) is 1. The van der Waals surface area contributed by atoms with E-state index in [9.17, 15) is 5.11 Å². The summed E-state index contributed by atoms with van der Waals surface area (Å²) < 4.78 is 1.91. The average Bonchev–Trinajstić information content (AvgIpc) is 2.75. The molecular weight excluding hydrogens is 176 g/mol. The van der Waals surface area contributed by atoms with Crippen LogP contribution in [0, 0.1) is 0 Å². The van der Waals surface area contributed by atoms with E-state index in [4.69, 9.17) is 0 Å². The zero-order chi connectivity index (χ0) is 10.0. The highest BCUT2D eigenvalue weighted by Gasteiger charge is 2.31. The predicted octanol–water partition coefficient (Wildman–Crippen LogP) is 1.75. The zero-order valence-electron chi connectivity index (χ0n) is 8.74. The molecule has 1 saturated carbocycles. The van der Waals surface area contributed by atoms with Gasteiger partial charge in [0.05, 0.1) is 11.8 Å². The second kappa shape index (κ2) is 3.73. The molecule has 0 spiro atoms. The first-order chi connectivity index (χ1) is 6.72. The summed E-state index contributed by atoms with van der Waals surface area (Å²) in [6.45, 7) is 2.97. The molecule has 1 N–H and O–H groups in total. The topological polar surface area (TPSA) is 38.0 Å². The van der Waals surface area contributed by atoms with Crippen molar-refractivity contribution in [3.63, 3.8) is 0 Å².